The third-order valence-corrected chi connectivity index (χ3v) is 4.35. The summed E-state index contributed by atoms with van der Waals surface area (Å²) in [6.45, 7) is 4.07. The summed E-state index contributed by atoms with van der Waals surface area (Å²) in [5, 5.41) is 3.46. The Labute approximate surface area is 113 Å². The first-order chi connectivity index (χ1) is 9.28. The zero-order chi connectivity index (χ0) is 12.9. The van der Waals surface area contributed by atoms with Gasteiger partial charge in [0.05, 0.1) is 0 Å². The number of fused-ring (bicyclic) bond motifs is 1. The highest BCUT2D eigenvalue weighted by atomic mass is 16.5. The lowest BCUT2D eigenvalue weighted by Gasteiger charge is -2.30. The maximum Gasteiger partial charge on any atom is 0.147 e. The van der Waals surface area contributed by atoms with E-state index < -0.39 is 0 Å². The van der Waals surface area contributed by atoms with E-state index in [9.17, 15) is 0 Å². The molecule has 3 heterocycles. The summed E-state index contributed by atoms with van der Waals surface area (Å²) in [7, 11) is 0. The summed E-state index contributed by atoms with van der Waals surface area (Å²) < 4.78 is 8.68. The van der Waals surface area contributed by atoms with Crippen LogP contribution in [0.15, 0.2) is 42.7 Å². The first-order valence-corrected chi connectivity index (χ1v) is 6.91. The second kappa shape index (κ2) is 3.87. The molecule has 2 aliphatic rings. The van der Waals surface area contributed by atoms with Crippen LogP contribution < -0.4 is 10.1 Å². The molecular formula is C16H18N2O. The number of nitrogens with one attached hydrogen (secondary N) is 1. The number of hydrogen-bond donors (Lipinski definition) is 1. The van der Waals surface area contributed by atoms with E-state index in [1.54, 1.807) is 0 Å². The van der Waals surface area contributed by atoms with Crippen molar-refractivity contribution in [2.45, 2.75) is 25.0 Å². The molecule has 4 rings (SSSR count). The summed E-state index contributed by atoms with van der Waals surface area (Å²) in [6.07, 6.45) is 5.34. The number of aromatic nitrogens is 1. The monoisotopic (exact) mass is 254 g/mol. The van der Waals surface area contributed by atoms with Crippen molar-refractivity contribution in [1.82, 2.24) is 9.88 Å². The Morgan fingerprint density at radius 1 is 1.32 bits per heavy atom. The second-order valence-electron chi connectivity index (χ2n) is 5.67. The molecule has 0 aliphatic carbocycles. The fourth-order valence-corrected chi connectivity index (χ4v) is 3.48. The van der Waals surface area contributed by atoms with Crippen LogP contribution in [0.1, 0.15) is 23.6 Å². The van der Waals surface area contributed by atoms with Crippen LogP contribution in [0.4, 0.5) is 0 Å². The molecule has 0 amide bonds. The molecule has 19 heavy (non-hydrogen) atoms. The standard InChI is InChI=1S/C16H18N2O/c1-12-4-5-13-14(10-12)19-16(6-7-17-11-16)15(13)18-8-2-3-9-18/h2-5,8-10,15,17H,6-7,11H2,1H3. The van der Waals surface area contributed by atoms with Crippen molar-refractivity contribution in [3.63, 3.8) is 0 Å². The third kappa shape index (κ3) is 1.55. The molecule has 2 aliphatic heterocycles. The van der Waals surface area contributed by atoms with E-state index in [4.69, 9.17) is 4.74 Å². The molecule has 0 saturated carbocycles. The summed E-state index contributed by atoms with van der Waals surface area (Å²) in [4.78, 5) is 0. The van der Waals surface area contributed by atoms with Gasteiger partial charge in [-0.15, -0.1) is 0 Å². The quantitative estimate of drug-likeness (QED) is 0.846. The molecule has 2 atom stereocenters. The van der Waals surface area contributed by atoms with Gasteiger partial charge in [0.15, 0.2) is 0 Å². The first kappa shape index (κ1) is 11.1. The predicted octanol–water partition coefficient (Wildman–Crippen LogP) is 2.51. The van der Waals surface area contributed by atoms with E-state index >= 15 is 0 Å². The molecule has 2 aromatic rings. The van der Waals surface area contributed by atoms with Crippen molar-refractivity contribution < 1.29 is 4.74 Å². The van der Waals surface area contributed by atoms with Crippen LogP contribution in [0, 0.1) is 6.92 Å². The molecule has 1 spiro atoms. The Bertz CT molecular complexity index is 597. The van der Waals surface area contributed by atoms with Gasteiger partial charge in [-0.1, -0.05) is 12.1 Å². The summed E-state index contributed by atoms with van der Waals surface area (Å²) in [5.74, 6) is 1.06. The summed E-state index contributed by atoms with van der Waals surface area (Å²) in [5.41, 5.74) is 2.45. The van der Waals surface area contributed by atoms with Crippen LogP contribution in [-0.2, 0) is 0 Å². The third-order valence-electron chi connectivity index (χ3n) is 4.35. The van der Waals surface area contributed by atoms with Gasteiger partial charge in [-0.25, -0.2) is 0 Å². The zero-order valence-electron chi connectivity index (χ0n) is 11.1. The van der Waals surface area contributed by atoms with Gasteiger partial charge in [0, 0.05) is 30.9 Å². The van der Waals surface area contributed by atoms with Crippen molar-refractivity contribution in [3.05, 3.63) is 53.9 Å². The van der Waals surface area contributed by atoms with E-state index in [0.717, 1.165) is 25.3 Å². The molecule has 0 radical (unpaired) electrons. The highest BCUT2D eigenvalue weighted by Crippen LogP contribution is 2.48. The van der Waals surface area contributed by atoms with Crippen LogP contribution in [0.5, 0.6) is 5.75 Å². The normalized spacial score (nSPS) is 28.6. The smallest absolute Gasteiger partial charge is 0.147 e. The number of rotatable bonds is 1. The molecule has 1 fully saturated rings. The fourth-order valence-electron chi connectivity index (χ4n) is 3.48. The van der Waals surface area contributed by atoms with Gasteiger partial charge < -0.3 is 14.6 Å². The minimum atomic E-state index is -0.116. The van der Waals surface area contributed by atoms with Gasteiger partial charge in [0.1, 0.15) is 17.4 Å². The zero-order valence-corrected chi connectivity index (χ0v) is 11.1. The fraction of sp³-hybridized carbons (Fsp3) is 0.375. The average molecular weight is 254 g/mol. The maximum atomic E-state index is 6.39. The molecule has 1 aromatic carbocycles. The van der Waals surface area contributed by atoms with Gasteiger partial charge in [0.2, 0.25) is 0 Å². The predicted molar refractivity (Wildman–Crippen MR) is 74.6 cm³/mol. The maximum absolute atomic E-state index is 6.39. The molecular weight excluding hydrogens is 236 g/mol. The number of hydrogen-bond acceptors (Lipinski definition) is 2. The molecule has 3 nitrogen and oxygen atoms in total. The van der Waals surface area contributed by atoms with Crippen molar-refractivity contribution in [3.8, 4) is 5.75 Å². The molecule has 98 valence electrons. The minimum Gasteiger partial charge on any atom is -0.483 e. The Kier molecular flexibility index (Phi) is 2.27. The largest absolute Gasteiger partial charge is 0.483 e. The lowest BCUT2D eigenvalue weighted by Crippen LogP contribution is -2.42. The van der Waals surface area contributed by atoms with Crippen LogP contribution >= 0.6 is 0 Å². The highest BCUT2D eigenvalue weighted by molar-refractivity contribution is 5.46. The van der Waals surface area contributed by atoms with E-state index in [1.807, 2.05) is 0 Å². The highest BCUT2D eigenvalue weighted by Gasteiger charge is 2.51. The van der Waals surface area contributed by atoms with E-state index in [0.29, 0.717) is 0 Å². The topological polar surface area (TPSA) is 26.2 Å². The van der Waals surface area contributed by atoms with Crippen molar-refractivity contribution in [2.24, 2.45) is 0 Å². The summed E-state index contributed by atoms with van der Waals surface area (Å²) in [6, 6.07) is 11.0. The Morgan fingerprint density at radius 2 is 2.16 bits per heavy atom. The Morgan fingerprint density at radius 3 is 2.89 bits per heavy atom. The minimum absolute atomic E-state index is 0.116. The number of ether oxygens (including phenoxy) is 1. The second-order valence-corrected chi connectivity index (χ2v) is 5.67. The lowest BCUT2D eigenvalue weighted by molar-refractivity contribution is 0.0795. The average Bonchev–Trinajstić information content (AvgIpc) is 3.09. The van der Waals surface area contributed by atoms with Gasteiger partial charge in [-0.3, -0.25) is 0 Å². The lowest BCUT2D eigenvalue weighted by atomic mass is 9.89. The molecule has 0 bridgehead atoms. The van der Waals surface area contributed by atoms with E-state index in [1.165, 1.54) is 11.1 Å². The van der Waals surface area contributed by atoms with Crippen molar-refractivity contribution in [2.75, 3.05) is 13.1 Å². The summed E-state index contributed by atoms with van der Waals surface area (Å²) >= 11 is 0. The number of aryl methyl sites for hydroxylation is 1. The van der Waals surface area contributed by atoms with Gasteiger partial charge in [0.25, 0.3) is 0 Å². The molecule has 2 unspecified atom stereocenters. The van der Waals surface area contributed by atoms with Crippen LogP contribution in [0.25, 0.3) is 0 Å². The number of nitrogens with zero attached hydrogens (tertiary/aromatic N) is 1. The van der Waals surface area contributed by atoms with Gasteiger partial charge in [-0.05, 0) is 37.2 Å². The van der Waals surface area contributed by atoms with Crippen molar-refractivity contribution >= 4 is 0 Å². The van der Waals surface area contributed by atoms with Crippen LogP contribution in [0.3, 0.4) is 0 Å². The van der Waals surface area contributed by atoms with E-state index in [-0.39, 0.29) is 11.6 Å². The van der Waals surface area contributed by atoms with Crippen molar-refractivity contribution in [1.29, 1.82) is 0 Å². The van der Waals surface area contributed by atoms with Gasteiger partial charge >= 0.3 is 0 Å². The Hall–Kier alpha value is -1.74. The van der Waals surface area contributed by atoms with Crippen LogP contribution in [-0.4, -0.2) is 23.3 Å². The Balaban J connectivity index is 1.88. The van der Waals surface area contributed by atoms with Crippen LogP contribution in [0.2, 0.25) is 0 Å². The van der Waals surface area contributed by atoms with Gasteiger partial charge in [-0.2, -0.15) is 0 Å². The first-order valence-electron chi connectivity index (χ1n) is 6.91. The molecule has 1 saturated heterocycles. The molecule has 3 heteroatoms. The SMILES string of the molecule is Cc1ccc2c(c1)OC1(CCNC1)C2n1cccc1. The van der Waals surface area contributed by atoms with E-state index in [2.05, 4.69) is 59.5 Å². The molecule has 1 N–H and O–H groups in total. The number of benzene rings is 1. The molecule has 1 aromatic heterocycles.